The molecule has 1 amide bonds. The number of anilines is 1. The summed E-state index contributed by atoms with van der Waals surface area (Å²) in [6.45, 7) is 4.11. The number of hydrogen-bond donors (Lipinski definition) is 1. The molecule has 2 aromatic rings. The number of rotatable bonds is 5. The SMILES string of the molecule is Cc1cc(Br)ccc1NC(=O)CS[C@H](C)c1ccccc1. The average Bonchev–Trinajstić information content (AvgIpc) is 2.48. The Balaban J connectivity index is 1.87. The summed E-state index contributed by atoms with van der Waals surface area (Å²) in [6.07, 6.45) is 0. The van der Waals surface area contributed by atoms with Crippen molar-refractivity contribution in [2.45, 2.75) is 19.1 Å². The predicted octanol–water partition coefficient (Wildman–Crippen LogP) is 5.19. The highest BCUT2D eigenvalue weighted by Crippen LogP contribution is 2.28. The largest absolute Gasteiger partial charge is 0.325 e. The Labute approximate surface area is 138 Å². The minimum Gasteiger partial charge on any atom is -0.325 e. The van der Waals surface area contributed by atoms with Crippen molar-refractivity contribution in [1.29, 1.82) is 0 Å². The molecule has 0 bridgehead atoms. The molecule has 0 fully saturated rings. The Kier molecular flexibility index (Phi) is 5.88. The molecule has 110 valence electrons. The molecule has 0 radical (unpaired) electrons. The third kappa shape index (κ3) is 4.90. The quantitative estimate of drug-likeness (QED) is 0.791. The zero-order chi connectivity index (χ0) is 15.2. The molecule has 0 saturated carbocycles. The van der Waals surface area contributed by atoms with Crippen LogP contribution in [0.3, 0.4) is 0 Å². The highest BCUT2D eigenvalue weighted by molar-refractivity contribution is 9.10. The summed E-state index contributed by atoms with van der Waals surface area (Å²) < 4.78 is 1.02. The van der Waals surface area contributed by atoms with E-state index in [1.807, 2.05) is 43.3 Å². The summed E-state index contributed by atoms with van der Waals surface area (Å²) in [6, 6.07) is 16.1. The van der Waals surface area contributed by atoms with Crippen LogP contribution in [0.5, 0.6) is 0 Å². The van der Waals surface area contributed by atoms with Gasteiger partial charge in [-0.05, 0) is 43.2 Å². The number of hydrogen-bond acceptors (Lipinski definition) is 2. The number of carbonyl (C=O) groups excluding carboxylic acids is 1. The summed E-state index contributed by atoms with van der Waals surface area (Å²) in [7, 11) is 0. The molecule has 0 spiro atoms. The molecule has 21 heavy (non-hydrogen) atoms. The zero-order valence-corrected chi connectivity index (χ0v) is 14.5. The first-order valence-corrected chi connectivity index (χ1v) is 8.63. The molecule has 2 nitrogen and oxygen atoms in total. The number of thioether (sulfide) groups is 1. The maximum atomic E-state index is 12.0. The van der Waals surface area contributed by atoms with E-state index in [4.69, 9.17) is 0 Å². The highest BCUT2D eigenvalue weighted by atomic mass is 79.9. The van der Waals surface area contributed by atoms with Crippen molar-refractivity contribution in [2.75, 3.05) is 11.1 Å². The van der Waals surface area contributed by atoms with Gasteiger partial charge in [0, 0.05) is 15.4 Å². The first-order chi connectivity index (χ1) is 10.1. The lowest BCUT2D eigenvalue weighted by molar-refractivity contribution is -0.113. The number of nitrogens with one attached hydrogen (secondary N) is 1. The molecular formula is C17H18BrNOS. The van der Waals surface area contributed by atoms with Gasteiger partial charge in [-0.1, -0.05) is 46.3 Å². The van der Waals surface area contributed by atoms with Gasteiger partial charge in [0.15, 0.2) is 0 Å². The van der Waals surface area contributed by atoms with E-state index in [9.17, 15) is 4.79 Å². The van der Waals surface area contributed by atoms with Crippen LogP contribution in [-0.4, -0.2) is 11.7 Å². The van der Waals surface area contributed by atoms with Crippen molar-refractivity contribution >= 4 is 39.3 Å². The summed E-state index contributed by atoms with van der Waals surface area (Å²) in [4.78, 5) is 12.0. The van der Waals surface area contributed by atoms with E-state index in [1.165, 1.54) is 5.56 Å². The second kappa shape index (κ2) is 7.66. The van der Waals surface area contributed by atoms with E-state index < -0.39 is 0 Å². The van der Waals surface area contributed by atoms with Crippen LogP contribution in [-0.2, 0) is 4.79 Å². The van der Waals surface area contributed by atoms with Gasteiger partial charge in [0.05, 0.1) is 5.75 Å². The lowest BCUT2D eigenvalue weighted by Crippen LogP contribution is -2.15. The standard InChI is InChI=1S/C17H18BrNOS/c1-12-10-15(18)8-9-16(12)19-17(20)11-21-13(2)14-6-4-3-5-7-14/h3-10,13H,11H2,1-2H3,(H,19,20)/t13-/m1/s1. The molecule has 0 unspecified atom stereocenters. The number of benzene rings is 2. The van der Waals surface area contributed by atoms with Gasteiger partial charge >= 0.3 is 0 Å². The van der Waals surface area contributed by atoms with E-state index >= 15 is 0 Å². The Morgan fingerprint density at radius 1 is 1.24 bits per heavy atom. The molecule has 0 saturated heterocycles. The monoisotopic (exact) mass is 363 g/mol. The molecule has 1 atom stereocenters. The second-order valence-corrected chi connectivity index (χ2v) is 7.12. The number of amides is 1. The third-order valence-electron chi connectivity index (χ3n) is 3.20. The lowest BCUT2D eigenvalue weighted by atomic mass is 10.2. The van der Waals surface area contributed by atoms with Gasteiger partial charge in [-0.15, -0.1) is 11.8 Å². The fourth-order valence-electron chi connectivity index (χ4n) is 1.97. The van der Waals surface area contributed by atoms with Crippen LogP contribution in [0.15, 0.2) is 53.0 Å². The third-order valence-corrected chi connectivity index (χ3v) is 4.89. The van der Waals surface area contributed by atoms with E-state index in [2.05, 4.69) is 40.3 Å². The maximum absolute atomic E-state index is 12.0. The Hall–Kier alpha value is -1.26. The number of carbonyl (C=O) groups is 1. The van der Waals surface area contributed by atoms with Gasteiger partial charge < -0.3 is 5.32 Å². The van der Waals surface area contributed by atoms with Gasteiger partial charge in [0.1, 0.15) is 0 Å². The topological polar surface area (TPSA) is 29.1 Å². The number of aryl methyl sites for hydroxylation is 1. The minimum absolute atomic E-state index is 0.0354. The van der Waals surface area contributed by atoms with Gasteiger partial charge in [-0.3, -0.25) is 4.79 Å². The van der Waals surface area contributed by atoms with Gasteiger partial charge in [-0.25, -0.2) is 0 Å². The van der Waals surface area contributed by atoms with Crippen molar-refractivity contribution in [3.63, 3.8) is 0 Å². The number of halogens is 1. The van der Waals surface area contributed by atoms with E-state index in [0.29, 0.717) is 11.0 Å². The summed E-state index contributed by atoms with van der Waals surface area (Å²) in [5.41, 5.74) is 3.17. The average molecular weight is 364 g/mol. The van der Waals surface area contributed by atoms with Gasteiger partial charge in [-0.2, -0.15) is 0 Å². The van der Waals surface area contributed by atoms with Crippen molar-refractivity contribution in [1.82, 2.24) is 0 Å². The molecule has 0 heterocycles. The molecule has 0 aromatic heterocycles. The summed E-state index contributed by atoms with van der Waals surface area (Å²) in [5.74, 6) is 0.485. The fraction of sp³-hybridized carbons (Fsp3) is 0.235. The van der Waals surface area contributed by atoms with Crippen LogP contribution >= 0.6 is 27.7 Å². The van der Waals surface area contributed by atoms with Gasteiger partial charge in [0.2, 0.25) is 5.91 Å². The lowest BCUT2D eigenvalue weighted by Gasteiger charge is -2.12. The molecule has 0 aliphatic heterocycles. The molecule has 2 rings (SSSR count). The van der Waals surface area contributed by atoms with Crippen molar-refractivity contribution in [3.05, 3.63) is 64.1 Å². The minimum atomic E-state index is 0.0354. The Morgan fingerprint density at radius 3 is 2.62 bits per heavy atom. The Morgan fingerprint density at radius 2 is 1.95 bits per heavy atom. The van der Waals surface area contributed by atoms with Crippen molar-refractivity contribution in [2.24, 2.45) is 0 Å². The van der Waals surface area contributed by atoms with Crippen LogP contribution in [0.2, 0.25) is 0 Å². The summed E-state index contributed by atoms with van der Waals surface area (Å²) >= 11 is 5.07. The molecular weight excluding hydrogens is 346 g/mol. The Bertz CT molecular complexity index is 615. The van der Waals surface area contributed by atoms with Crippen LogP contribution in [0.25, 0.3) is 0 Å². The molecule has 0 aliphatic carbocycles. The molecule has 2 aromatic carbocycles. The normalized spacial score (nSPS) is 12.0. The van der Waals surface area contributed by atoms with E-state index in [0.717, 1.165) is 15.7 Å². The van der Waals surface area contributed by atoms with Crippen LogP contribution in [0, 0.1) is 6.92 Å². The van der Waals surface area contributed by atoms with Crippen LogP contribution in [0.4, 0.5) is 5.69 Å². The van der Waals surface area contributed by atoms with Crippen molar-refractivity contribution < 1.29 is 4.79 Å². The van der Waals surface area contributed by atoms with E-state index in [1.54, 1.807) is 11.8 Å². The van der Waals surface area contributed by atoms with Gasteiger partial charge in [0.25, 0.3) is 0 Å². The molecule has 1 N–H and O–H groups in total. The molecule has 4 heteroatoms. The second-order valence-electron chi connectivity index (χ2n) is 4.87. The highest BCUT2D eigenvalue weighted by Gasteiger charge is 2.10. The van der Waals surface area contributed by atoms with Crippen LogP contribution < -0.4 is 5.32 Å². The predicted molar refractivity (Wildman–Crippen MR) is 94.8 cm³/mol. The smallest absolute Gasteiger partial charge is 0.234 e. The summed E-state index contributed by atoms with van der Waals surface area (Å²) in [5, 5.41) is 3.27. The first kappa shape index (κ1) is 16.1. The fourth-order valence-corrected chi connectivity index (χ4v) is 3.27. The maximum Gasteiger partial charge on any atom is 0.234 e. The van der Waals surface area contributed by atoms with E-state index in [-0.39, 0.29) is 5.91 Å². The molecule has 0 aliphatic rings. The zero-order valence-electron chi connectivity index (χ0n) is 12.1. The van der Waals surface area contributed by atoms with Crippen LogP contribution in [0.1, 0.15) is 23.3 Å². The van der Waals surface area contributed by atoms with Crippen molar-refractivity contribution in [3.8, 4) is 0 Å². The first-order valence-electron chi connectivity index (χ1n) is 6.79.